The summed E-state index contributed by atoms with van der Waals surface area (Å²) in [6.07, 6.45) is 3.23. The van der Waals surface area contributed by atoms with E-state index in [1.807, 2.05) is 6.07 Å². The van der Waals surface area contributed by atoms with Crippen LogP contribution in [0.25, 0.3) is 0 Å². The Balaban J connectivity index is 2.08. The Labute approximate surface area is 117 Å². The number of aromatic nitrogens is 2. The molecule has 0 fully saturated rings. The maximum absolute atomic E-state index is 12.2. The van der Waals surface area contributed by atoms with Crippen molar-refractivity contribution >= 4 is 10.0 Å². The molecule has 0 radical (unpaired) electrons. The number of hydrogen-bond acceptors (Lipinski definition) is 4. The first kappa shape index (κ1) is 14.2. The Kier molecular flexibility index (Phi) is 4.17. The van der Waals surface area contributed by atoms with E-state index < -0.39 is 10.0 Å². The molecule has 7 heteroatoms. The Bertz CT molecular complexity index is 700. The van der Waals surface area contributed by atoms with Crippen LogP contribution in [0.1, 0.15) is 17.0 Å². The molecule has 0 amide bonds. The predicted octanol–water partition coefficient (Wildman–Crippen LogP) is 1.24. The number of nitrogens with one attached hydrogen (secondary N) is 1. The largest absolute Gasteiger partial charge is 0.347 e. The number of benzene rings is 1. The van der Waals surface area contributed by atoms with E-state index in [1.165, 1.54) is 11.4 Å². The Hall–Kier alpha value is -2.17. The van der Waals surface area contributed by atoms with Crippen molar-refractivity contribution in [2.24, 2.45) is 0 Å². The molecular formula is C13H14N4O2S. The summed E-state index contributed by atoms with van der Waals surface area (Å²) in [4.78, 5) is 6.87. The van der Waals surface area contributed by atoms with E-state index in [1.54, 1.807) is 36.7 Å². The number of aromatic amines is 1. The third kappa shape index (κ3) is 3.44. The van der Waals surface area contributed by atoms with E-state index in [-0.39, 0.29) is 12.3 Å². The second-order valence-corrected chi connectivity index (χ2v) is 6.43. The molecule has 2 aromatic rings. The fourth-order valence-corrected chi connectivity index (χ4v) is 2.84. The molecule has 0 aliphatic heterocycles. The minimum Gasteiger partial charge on any atom is -0.347 e. The first-order valence-electron chi connectivity index (χ1n) is 5.92. The Morgan fingerprint density at radius 3 is 2.60 bits per heavy atom. The molecule has 2 rings (SSSR count). The molecule has 1 aromatic heterocycles. The summed E-state index contributed by atoms with van der Waals surface area (Å²) in [7, 11) is -1.90. The van der Waals surface area contributed by atoms with Crippen LogP contribution in [0.5, 0.6) is 0 Å². The van der Waals surface area contributed by atoms with E-state index in [0.29, 0.717) is 17.0 Å². The van der Waals surface area contributed by atoms with Crippen LogP contribution in [-0.2, 0) is 22.3 Å². The first-order chi connectivity index (χ1) is 9.51. The van der Waals surface area contributed by atoms with E-state index in [4.69, 9.17) is 5.26 Å². The molecule has 0 aliphatic rings. The lowest BCUT2D eigenvalue weighted by Gasteiger charge is -2.15. The predicted molar refractivity (Wildman–Crippen MR) is 73.8 cm³/mol. The van der Waals surface area contributed by atoms with Crippen LogP contribution in [0.4, 0.5) is 0 Å². The highest BCUT2D eigenvalue weighted by molar-refractivity contribution is 7.88. The molecule has 1 heterocycles. The highest BCUT2D eigenvalue weighted by Crippen LogP contribution is 2.12. The number of sulfonamides is 1. The molecular weight excluding hydrogens is 276 g/mol. The van der Waals surface area contributed by atoms with Gasteiger partial charge in [-0.2, -0.15) is 9.57 Å². The third-order valence-electron chi connectivity index (χ3n) is 2.83. The smallest absolute Gasteiger partial charge is 0.218 e. The number of nitriles is 1. The first-order valence-corrected chi connectivity index (χ1v) is 7.53. The maximum atomic E-state index is 12.2. The average Bonchev–Trinajstić information content (AvgIpc) is 2.92. The molecule has 6 nitrogen and oxygen atoms in total. The SMILES string of the molecule is CN(Cc1ncc[nH]1)S(=O)(=O)Cc1ccc(C#N)cc1. The van der Waals surface area contributed by atoms with Crippen molar-refractivity contribution in [1.82, 2.24) is 14.3 Å². The van der Waals surface area contributed by atoms with E-state index in [9.17, 15) is 8.42 Å². The second-order valence-electron chi connectivity index (χ2n) is 4.36. The van der Waals surface area contributed by atoms with E-state index in [0.717, 1.165) is 0 Å². The van der Waals surface area contributed by atoms with Crippen molar-refractivity contribution < 1.29 is 8.42 Å². The maximum Gasteiger partial charge on any atom is 0.218 e. The van der Waals surface area contributed by atoms with Crippen LogP contribution in [0.15, 0.2) is 36.7 Å². The van der Waals surface area contributed by atoms with Crippen LogP contribution in [0, 0.1) is 11.3 Å². The van der Waals surface area contributed by atoms with Crippen LogP contribution >= 0.6 is 0 Å². The molecule has 0 saturated carbocycles. The summed E-state index contributed by atoms with van der Waals surface area (Å²) in [5.74, 6) is 0.492. The van der Waals surface area contributed by atoms with Crippen molar-refractivity contribution in [2.45, 2.75) is 12.3 Å². The Morgan fingerprint density at radius 1 is 1.35 bits per heavy atom. The van der Waals surface area contributed by atoms with Gasteiger partial charge in [0.2, 0.25) is 10.0 Å². The summed E-state index contributed by atoms with van der Waals surface area (Å²) in [5, 5.41) is 8.71. The zero-order chi connectivity index (χ0) is 14.6. The summed E-state index contributed by atoms with van der Waals surface area (Å²) in [6.45, 7) is 0.200. The van der Waals surface area contributed by atoms with Crippen molar-refractivity contribution in [3.8, 4) is 6.07 Å². The van der Waals surface area contributed by atoms with Crippen molar-refractivity contribution in [1.29, 1.82) is 5.26 Å². The van der Waals surface area contributed by atoms with Gasteiger partial charge >= 0.3 is 0 Å². The van der Waals surface area contributed by atoms with E-state index in [2.05, 4.69) is 9.97 Å². The zero-order valence-corrected chi connectivity index (χ0v) is 11.8. The molecule has 0 aliphatic carbocycles. The van der Waals surface area contributed by atoms with Gasteiger partial charge in [0.1, 0.15) is 5.82 Å². The average molecular weight is 290 g/mol. The number of imidazole rings is 1. The fraction of sp³-hybridized carbons (Fsp3) is 0.231. The summed E-state index contributed by atoms with van der Waals surface area (Å²) in [6, 6.07) is 8.51. The topological polar surface area (TPSA) is 89.8 Å². The van der Waals surface area contributed by atoms with Gasteiger partial charge in [0.25, 0.3) is 0 Å². The lowest BCUT2D eigenvalue weighted by Crippen LogP contribution is -2.28. The van der Waals surface area contributed by atoms with Crippen LogP contribution in [0.3, 0.4) is 0 Å². The van der Waals surface area contributed by atoms with Crippen molar-refractivity contribution in [2.75, 3.05) is 7.05 Å². The summed E-state index contributed by atoms with van der Waals surface area (Å²) < 4.78 is 25.7. The quantitative estimate of drug-likeness (QED) is 0.897. The normalized spacial score (nSPS) is 11.4. The highest BCUT2D eigenvalue weighted by Gasteiger charge is 2.19. The highest BCUT2D eigenvalue weighted by atomic mass is 32.2. The summed E-state index contributed by atoms with van der Waals surface area (Å²) in [5.41, 5.74) is 1.16. The molecule has 1 N–H and O–H groups in total. The van der Waals surface area contributed by atoms with Gasteiger partial charge in [-0.25, -0.2) is 13.4 Å². The van der Waals surface area contributed by atoms with E-state index >= 15 is 0 Å². The zero-order valence-electron chi connectivity index (χ0n) is 10.9. The lowest BCUT2D eigenvalue weighted by molar-refractivity contribution is 0.457. The van der Waals surface area contributed by atoms with Crippen LogP contribution in [-0.4, -0.2) is 29.7 Å². The molecule has 0 atom stereocenters. The molecule has 104 valence electrons. The minimum absolute atomic E-state index is 0.101. The fourth-order valence-electron chi connectivity index (χ4n) is 1.69. The van der Waals surface area contributed by atoms with Gasteiger partial charge in [-0.3, -0.25) is 0 Å². The number of H-pyrrole nitrogens is 1. The van der Waals surface area contributed by atoms with Crippen molar-refractivity contribution in [3.05, 3.63) is 53.6 Å². The summed E-state index contributed by atoms with van der Waals surface area (Å²) >= 11 is 0. The monoisotopic (exact) mass is 290 g/mol. The second kappa shape index (κ2) is 5.86. The van der Waals surface area contributed by atoms with Gasteiger partial charge in [-0.15, -0.1) is 0 Å². The molecule has 0 bridgehead atoms. The van der Waals surface area contributed by atoms with Gasteiger partial charge < -0.3 is 4.98 Å². The molecule has 0 unspecified atom stereocenters. The van der Waals surface area contributed by atoms with Crippen LogP contribution < -0.4 is 0 Å². The molecule has 1 aromatic carbocycles. The number of hydrogen-bond donors (Lipinski definition) is 1. The van der Waals surface area contributed by atoms with Gasteiger partial charge in [-0.05, 0) is 17.7 Å². The van der Waals surface area contributed by atoms with Gasteiger partial charge in [0.15, 0.2) is 0 Å². The molecule has 0 saturated heterocycles. The van der Waals surface area contributed by atoms with Crippen molar-refractivity contribution in [3.63, 3.8) is 0 Å². The Morgan fingerprint density at radius 2 is 2.05 bits per heavy atom. The van der Waals surface area contributed by atoms with Gasteiger partial charge in [0.05, 0.1) is 23.9 Å². The molecule has 20 heavy (non-hydrogen) atoms. The van der Waals surface area contributed by atoms with Crippen LogP contribution in [0.2, 0.25) is 0 Å². The molecule has 0 spiro atoms. The van der Waals surface area contributed by atoms with Gasteiger partial charge in [0, 0.05) is 19.4 Å². The standard InChI is InChI=1S/C13H14N4O2S/c1-17(9-13-15-6-7-16-13)20(18,19)10-12-4-2-11(8-14)3-5-12/h2-7H,9-10H2,1H3,(H,15,16). The lowest BCUT2D eigenvalue weighted by atomic mass is 10.2. The number of nitrogens with zero attached hydrogens (tertiary/aromatic N) is 3. The number of rotatable bonds is 5. The third-order valence-corrected chi connectivity index (χ3v) is 4.61. The van der Waals surface area contributed by atoms with Gasteiger partial charge in [-0.1, -0.05) is 12.1 Å². The minimum atomic E-state index is -3.42.